The van der Waals surface area contributed by atoms with Crippen LogP contribution in [0.4, 0.5) is 5.69 Å². The number of amides is 2. The van der Waals surface area contributed by atoms with Gasteiger partial charge in [-0.3, -0.25) is 19.7 Å². The predicted molar refractivity (Wildman–Crippen MR) is 118 cm³/mol. The van der Waals surface area contributed by atoms with E-state index in [1.54, 1.807) is 11.8 Å². The summed E-state index contributed by atoms with van der Waals surface area (Å²) in [5.74, 6) is 0.598. The summed E-state index contributed by atoms with van der Waals surface area (Å²) in [6.07, 6.45) is 0.672. The highest BCUT2D eigenvalue weighted by atomic mass is 16.6. The minimum atomic E-state index is -0.532. The van der Waals surface area contributed by atoms with E-state index in [9.17, 15) is 19.7 Å². The van der Waals surface area contributed by atoms with Crippen LogP contribution in [0.2, 0.25) is 0 Å². The molecule has 0 saturated heterocycles. The molecule has 1 heterocycles. The summed E-state index contributed by atoms with van der Waals surface area (Å²) in [5, 5.41) is 13.7. The van der Waals surface area contributed by atoms with Crippen LogP contribution in [0.25, 0.3) is 0 Å². The number of aryl methyl sites for hydroxylation is 1. The first-order valence-electron chi connectivity index (χ1n) is 10.6. The third-order valence-electron chi connectivity index (χ3n) is 5.30. The largest absolute Gasteiger partial charge is 0.490 e. The SMILES string of the molecule is CCOc1cc2c(cc1OCC)CN(C(=O)CNC(=O)c1ccc(C)c([N+](=O)[O-])c1)CC2. The maximum Gasteiger partial charge on any atom is 0.273 e. The fraction of sp³-hybridized carbons (Fsp3) is 0.391. The summed E-state index contributed by atoms with van der Waals surface area (Å²) >= 11 is 0. The van der Waals surface area contributed by atoms with Gasteiger partial charge in [-0.05, 0) is 56.5 Å². The van der Waals surface area contributed by atoms with Gasteiger partial charge in [0.15, 0.2) is 11.5 Å². The van der Waals surface area contributed by atoms with Crippen molar-refractivity contribution in [1.29, 1.82) is 0 Å². The summed E-state index contributed by atoms with van der Waals surface area (Å²) in [4.78, 5) is 37.3. The van der Waals surface area contributed by atoms with Crippen LogP contribution in [0.1, 0.15) is 40.9 Å². The smallest absolute Gasteiger partial charge is 0.273 e. The number of nitrogens with one attached hydrogen (secondary N) is 1. The molecule has 2 amide bonds. The molecule has 32 heavy (non-hydrogen) atoms. The molecule has 3 rings (SSSR count). The number of hydrogen-bond donors (Lipinski definition) is 1. The van der Waals surface area contributed by atoms with Crippen molar-refractivity contribution >= 4 is 17.5 Å². The second-order valence-corrected chi connectivity index (χ2v) is 7.44. The van der Waals surface area contributed by atoms with E-state index < -0.39 is 10.8 Å². The van der Waals surface area contributed by atoms with Crippen molar-refractivity contribution < 1.29 is 24.0 Å². The number of rotatable bonds is 8. The van der Waals surface area contributed by atoms with Crippen LogP contribution >= 0.6 is 0 Å². The maximum atomic E-state index is 12.7. The van der Waals surface area contributed by atoms with Gasteiger partial charge >= 0.3 is 0 Å². The van der Waals surface area contributed by atoms with Gasteiger partial charge in [0.2, 0.25) is 5.91 Å². The lowest BCUT2D eigenvalue weighted by Gasteiger charge is -2.30. The number of ether oxygens (including phenoxy) is 2. The van der Waals surface area contributed by atoms with E-state index in [2.05, 4.69) is 5.32 Å². The molecule has 9 heteroatoms. The first kappa shape index (κ1) is 23.1. The van der Waals surface area contributed by atoms with E-state index in [1.165, 1.54) is 18.2 Å². The van der Waals surface area contributed by atoms with Crippen LogP contribution in [0.15, 0.2) is 30.3 Å². The molecule has 0 spiro atoms. The zero-order chi connectivity index (χ0) is 23.3. The topological polar surface area (TPSA) is 111 Å². The van der Waals surface area contributed by atoms with Gasteiger partial charge in [0.25, 0.3) is 11.6 Å². The molecule has 0 unspecified atom stereocenters. The Morgan fingerprint density at radius 2 is 1.75 bits per heavy atom. The molecule has 9 nitrogen and oxygen atoms in total. The molecule has 0 radical (unpaired) electrons. The average Bonchev–Trinajstić information content (AvgIpc) is 2.77. The van der Waals surface area contributed by atoms with Crippen molar-refractivity contribution in [2.45, 2.75) is 33.7 Å². The number of nitro benzene ring substituents is 1. The maximum absolute atomic E-state index is 12.7. The lowest BCUT2D eigenvalue weighted by atomic mass is 9.98. The van der Waals surface area contributed by atoms with E-state index >= 15 is 0 Å². The fourth-order valence-corrected chi connectivity index (χ4v) is 3.63. The molecule has 0 aliphatic carbocycles. The summed E-state index contributed by atoms with van der Waals surface area (Å²) in [6.45, 7) is 7.20. The number of fused-ring (bicyclic) bond motifs is 1. The number of carbonyl (C=O) groups excluding carboxylic acids is 2. The molecular weight excluding hydrogens is 414 g/mol. The second kappa shape index (κ2) is 10.1. The van der Waals surface area contributed by atoms with Gasteiger partial charge in [-0.25, -0.2) is 0 Å². The summed E-state index contributed by atoms with van der Waals surface area (Å²) in [6, 6.07) is 8.12. The normalized spacial score (nSPS) is 12.7. The number of hydrogen-bond acceptors (Lipinski definition) is 6. The molecule has 0 aromatic heterocycles. The average molecular weight is 441 g/mol. The molecule has 0 saturated carbocycles. The Balaban J connectivity index is 1.65. The van der Waals surface area contributed by atoms with Crippen LogP contribution in [0, 0.1) is 17.0 Å². The number of nitro groups is 1. The lowest BCUT2D eigenvalue weighted by molar-refractivity contribution is -0.385. The van der Waals surface area contributed by atoms with Gasteiger partial charge in [-0.2, -0.15) is 0 Å². The van der Waals surface area contributed by atoms with Crippen molar-refractivity contribution in [3.63, 3.8) is 0 Å². The Morgan fingerprint density at radius 1 is 1.09 bits per heavy atom. The molecule has 1 aliphatic heterocycles. The Morgan fingerprint density at radius 3 is 2.38 bits per heavy atom. The van der Waals surface area contributed by atoms with Crippen LogP contribution in [0.5, 0.6) is 11.5 Å². The minimum Gasteiger partial charge on any atom is -0.490 e. The standard InChI is InChI=1S/C23H27N3O6/c1-4-31-20-11-16-8-9-25(14-18(16)12-21(20)32-5-2)22(27)13-24-23(28)17-7-6-15(3)19(10-17)26(29)30/h6-7,10-12H,4-5,8-9,13-14H2,1-3H3,(H,24,28). The van der Waals surface area contributed by atoms with Gasteiger partial charge in [0, 0.05) is 30.3 Å². The van der Waals surface area contributed by atoms with Crippen LogP contribution in [-0.4, -0.2) is 47.9 Å². The second-order valence-electron chi connectivity index (χ2n) is 7.44. The third-order valence-corrected chi connectivity index (χ3v) is 5.30. The first-order chi connectivity index (χ1) is 15.3. The number of benzene rings is 2. The van der Waals surface area contributed by atoms with Crippen molar-refractivity contribution in [3.05, 3.63) is 62.7 Å². The Labute approximate surface area is 186 Å². The lowest BCUT2D eigenvalue weighted by Crippen LogP contribution is -2.42. The molecule has 1 N–H and O–H groups in total. The molecule has 2 aromatic rings. The first-order valence-corrected chi connectivity index (χ1v) is 10.6. The third kappa shape index (κ3) is 5.16. The van der Waals surface area contributed by atoms with Crippen molar-refractivity contribution in [2.24, 2.45) is 0 Å². The van der Waals surface area contributed by atoms with E-state index in [-0.39, 0.29) is 23.7 Å². The fourth-order valence-electron chi connectivity index (χ4n) is 3.63. The van der Waals surface area contributed by atoms with E-state index in [1.807, 2.05) is 26.0 Å². The van der Waals surface area contributed by atoms with Gasteiger partial charge < -0.3 is 19.7 Å². The van der Waals surface area contributed by atoms with E-state index in [0.717, 1.165) is 11.1 Å². The highest BCUT2D eigenvalue weighted by Gasteiger charge is 2.24. The van der Waals surface area contributed by atoms with Crippen molar-refractivity contribution in [3.8, 4) is 11.5 Å². The van der Waals surface area contributed by atoms with Gasteiger partial charge in [0.05, 0.1) is 24.7 Å². The summed E-state index contributed by atoms with van der Waals surface area (Å²) in [5.41, 5.74) is 2.57. The molecule has 1 aliphatic rings. The van der Waals surface area contributed by atoms with E-state index in [4.69, 9.17) is 9.47 Å². The van der Waals surface area contributed by atoms with Crippen LogP contribution in [0.3, 0.4) is 0 Å². The van der Waals surface area contributed by atoms with Crippen molar-refractivity contribution in [2.75, 3.05) is 26.3 Å². The van der Waals surface area contributed by atoms with Gasteiger partial charge in [0.1, 0.15) is 0 Å². The monoisotopic (exact) mass is 441 g/mol. The Kier molecular flexibility index (Phi) is 7.29. The van der Waals surface area contributed by atoms with Gasteiger partial charge in [-0.1, -0.05) is 6.07 Å². The van der Waals surface area contributed by atoms with Gasteiger partial charge in [-0.15, -0.1) is 0 Å². The highest BCUT2D eigenvalue weighted by molar-refractivity contribution is 5.97. The highest BCUT2D eigenvalue weighted by Crippen LogP contribution is 2.34. The zero-order valence-electron chi connectivity index (χ0n) is 18.5. The minimum absolute atomic E-state index is 0.131. The molecule has 2 aromatic carbocycles. The van der Waals surface area contributed by atoms with Crippen molar-refractivity contribution in [1.82, 2.24) is 10.2 Å². The molecule has 170 valence electrons. The number of nitrogens with zero attached hydrogens (tertiary/aromatic N) is 2. The predicted octanol–water partition coefficient (Wildman–Crippen LogP) is 3.02. The van der Waals surface area contributed by atoms with Crippen LogP contribution < -0.4 is 14.8 Å². The molecule has 0 fully saturated rings. The molecular formula is C23H27N3O6. The Hall–Kier alpha value is -3.62. The van der Waals surface area contributed by atoms with Crippen LogP contribution in [-0.2, 0) is 17.8 Å². The number of carbonyl (C=O) groups is 2. The zero-order valence-corrected chi connectivity index (χ0v) is 18.5. The quantitative estimate of drug-likeness (QED) is 0.498. The summed E-state index contributed by atoms with van der Waals surface area (Å²) in [7, 11) is 0. The summed E-state index contributed by atoms with van der Waals surface area (Å²) < 4.78 is 11.4. The molecule has 0 atom stereocenters. The Bertz CT molecular complexity index is 1040. The van der Waals surface area contributed by atoms with E-state index in [0.29, 0.717) is 49.8 Å². The molecule has 0 bridgehead atoms.